The van der Waals surface area contributed by atoms with Crippen molar-refractivity contribution in [3.63, 3.8) is 0 Å². The maximum absolute atomic E-state index is 6.01. The number of hydrogen-bond donors (Lipinski definition) is 1. The van der Waals surface area contributed by atoms with E-state index in [9.17, 15) is 0 Å². The third-order valence-corrected chi connectivity index (χ3v) is 4.38. The molecular weight excluding hydrogens is 242 g/mol. The average Bonchev–Trinajstić information content (AvgIpc) is 2.71. The van der Waals surface area contributed by atoms with Crippen LogP contribution in [0.1, 0.15) is 29.6 Å². The molecule has 0 amide bonds. The van der Waals surface area contributed by atoms with E-state index >= 15 is 0 Å². The summed E-state index contributed by atoms with van der Waals surface area (Å²) in [5.74, 6) is 0. The second-order valence-corrected chi connectivity index (χ2v) is 6.46. The normalized spacial score (nSPS) is 15.3. The van der Waals surface area contributed by atoms with Gasteiger partial charge in [0.15, 0.2) is 0 Å². The maximum Gasteiger partial charge on any atom is 0.0567 e. The standard InChI is InChI=1S/C14H27N3S/c1-6-17(11(2)10-16(4)5)13(9-15)14-8-7-12(3)18-14/h7-8,11,13H,6,9-10,15H2,1-5H3. The lowest BCUT2D eigenvalue weighted by molar-refractivity contribution is 0.133. The smallest absolute Gasteiger partial charge is 0.0567 e. The second-order valence-electron chi connectivity index (χ2n) is 5.14. The summed E-state index contributed by atoms with van der Waals surface area (Å²) in [6.07, 6.45) is 0. The zero-order chi connectivity index (χ0) is 13.7. The van der Waals surface area contributed by atoms with Gasteiger partial charge in [0.2, 0.25) is 0 Å². The first-order valence-corrected chi connectivity index (χ1v) is 7.48. The largest absolute Gasteiger partial charge is 0.329 e. The molecule has 0 saturated carbocycles. The number of rotatable bonds is 7. The predicted octanol–water partition coefficient (Wildman–Crippen LogP) is 2.33. The fraction of sp³-hybridized carbons (Fsp3) is 0.714. The van der Waals surface area contributed by atoms with Gasteiger partial charge < -0.3 is 10.6 Å². The van der Waals surface area contributed by atoms with Crippen LogP contribution in [0, 0.1) is 6.92 Å². The van der Waals surface area contributed by atoms with Gasteiger partial charge in [-0.05, 0) is 46.6 Å². The van der Waals surface area contributed by atoms with Crippen LogP contribution in [-0.4, -0.2) is 49.6 Å². The van der Waals surface area contributed by atoms with Crippen LogP contribution < -0.4 is 5.73 Å². The highest BCUT2D eigenvalue weighted by Gasteiger charge is 2.23. The van der Waals surface area contributed by atoms with Crippen LogP contribution in [0.4, 0.5) is 0 Å². The minimum absolute atomic E-state index is 0.351. The Morgan fingerprint density at radius 2 is 2.00 bits per heavy atom. The molecule has 1 rings (SSSR count). The molecular formula is C14H27N3S. The number of nitrogens with zero attached hydrogens (tertiary/aromatic N) is 2. The van der Waals surface area contributed by atoms with E-state index < -0.39 is 0 Å². The Labute approximate surface area is 116 Å². The van der Waals surface area contributed by atoms with E-state index in [1.165, 1.54) is 9.75 Å². The Morgan fingerprint density at radius 1 is 1.33 bits per heavy atom. The van der Waals surface area contributed by atoms with Crippen LogP contribution in [0.15, 0.2) is 12.1 Å². The number of hydrogen-bond acceptors (Lipinski definition) is 4. The first-order valence-electron chi connectivity index (χ1n) is 6.66. The van der Waals surface area contributed by atoms with Crippen LogP contribution in [0.5, 0.6) is 0 Å². The molecule has 1 heterocycles. The van der Waals surface area contributed by atoms with E-state index in [0.717, 1.165) is 13.1 Å². The van der Waals surface area contributed by atoms with Crippen LogP contribution in [-0.2, 0) is 0 Å². The van der Waals surface area contributed by atoms with Gasteiger partial charge in [-0.3, -0.25) is 4.90 Å². The molecule has 0 fully saturated rings. The fourth-order valence-electron chi connectivity index (χ4n) is 2.52. The number of aryl methyl sites for hydroxylation is 1. The Bertz CT molecular complexity index is 349. The minimum atomic E-state index is 0.351. The highest BCUT2D eigenvalue weighted by Crippen LogP contribution is 2.28. The third kappa shape index (κ3) is 4.05. The summed E-state index contributed by atoms with van der Waals surface area (Å²) in [5, 5.41) is 0. The van der Waals surface area contributed by atoms with Gasteiger partial charge in [-0.2, -0.15) is 0 Å². The highest BCUT2D eigenvalue weighted by atomic mass is 32.1. The minimum Gasteiger partial charge on any atom is -0.329 e. The van der Waals surface area contributed by atoms with Crippen molar-refractivity contribution < 1.29 is 0 Å². The molecule has 0 aliphatic carbocycles. The van der Waals surface area contributed by atoms with E-state index in [2.05, 4.69) is 56.8 Å². The summed E-state index contributed by atoms with van der Waals surface area (Å²) in [7, 11) is 4.24. The lowest BCUT2D eigenvalue weighted by atomic mass is 10.1. The van der Waals surface area contributed by atoms with E-state index in [4.69, 9.17) is 5.73 Å². The molecule has 1 aromatic rings. The summed E-state index contributed by atoms with van der Waals surface area (Å²) in [6, 6.07) is 5.28. The lowest BCUT2D eigenvalue weighted by Crippen LogP contribution is -2.44. The van der Waals surface area contributed by atoms with Crippen LogP contribution in [0.2, 0.25) is 0 Å². The zero-order valence-electron chi connectivity index (χ0n) is 12.3. The number of nitrogens with two attached hydrogens (primary N) is 1. The van der Waals surface area contributed by atoms with Gasteiger partial charge in [-0.25, -0.2) is 0 Å². The molecule has 2 unspecified atom stereocenters. The van der Waals surface area contributed by atoms with Crippen molar-refractivity contribution in [1.82, 2.24) is 9.80 Å². The number of likely N-dealkylation sites (N-methyl/N-ethyl adjacent to an activating group) is 2. The zero-order valence-corrected chi connectivity index (χ0v) is 13.1. The molecule has 104 valence electrons. The van der Waals surface area contributed by atoms with Gasteiger partial charge in [0.05, 0.1) is 6.04 Å². The Hall–Kier alpha value is -0.420. The topological polar surface area (TPSA) is 32.5 Å². The Morgan fingerprint density at radius 3 is 2.39 bits per heavy atom. The summed E-state index contributed by atoms with van der Waals surface area (Å²) in [4.78, 5) is 7.49. The van der Waals surface area contributed by atoms with Gasteiger partial charge >= 0.3 is 0 Å². The molecule has 0 spiro atoms. The maximum atomic E-state index is 6.01. The molecule has 0 aliphatic heterocycles. The van der Waals surface area contributed by atoms with Crippen molar-refractivity contribution in [3.8, 4) is 0 Å². The molecule has 1 aromatic heterocycles. The Kier molecular flexibility index (Phi) is 6.29. The van der Waals surface area contributed by atoms with E-state index in [1.807, 2.05) is 11.3 Å². The van der Waals surface area contributed by atoms with Crippen molar-refractivity contribution >= 4 is 11.3 Å². The van der Waals surface area contributed by atoms with Gasteiger partial charge in [-0.1, -0.05) is 6.92 Å². The van der Waals surface area contributed by atoms with Crippen LogP contribution in [0.3, 0.4) is 0 Å². The summed E-state index contributed by atoms with van der Waals surface area (Å²) >= 11 is 1.87. The molecule has 0 saturated heterocycles. The molecule has 2 N–H and O–H groups in total. The molecule has 4 heteroatoms. The fourth-order valence-corrected chi connectivity index (χ4v) is 3.53. The van der Waals surface area contributed by atoms with Crippen molar-refractivity contribution in [2.24, 2.45) is 5.73 Å². The average molecular weight is 269 g/mol. The van der Waals surface area contributed by atoms with Gasteiger partial charge in [-0.15, -0.1) is 11.3 Å². The first-order chi connectivity index (χ1) is 8.49. The number of thiophene rings is 1. The summed E-state index contributed by atoms with van der Waals surface area (Å²) < 4.78 is 0. The molecule has 18 heavy (non-hydrogen) atoms. The van der Waals surface area contributed by atoms with Crippen molar-refractivity contribution in [3.05, 3.63) is 21.9 Å². The summed E-state index contributed by atoms with van der Waals surface area (Å²) in [5.41, 5.74) is 6.01. The molecule has 2 atom stereocenters. The van der Waals surface area contributed by atoms with Crippen molar-refractivity contribution in [2.75, 3.05) is 33.7 Å². The second kappa shape index (κ2) is 7.24. The molecule has 3 nitrogen and oxygen atoms in total. The van der Waals surface area contributed by atoms with Crippen LogP contribution >= 0.6 is 11.3 Å². The molecule has 0 bridgehead atoms. The van der Waals surface area contributed by atoms with Gasteiger partial charge in [0.25, 0.3) is 0 Å². The van der Waals surface area contributed by atoms with E-state index in [-0.39, 0.29) is 0 Å². The van der Waals surface area contributed by atoms with Gasteiger partial charge in [0, 0.05) is 28.9 Å². The SMILES string of the molecule is CCN(C(C)CN(C)C)C(CN)c1ccc(C)s1. The van der Waals surface area contributed by atoms with E-state index in [0.29, 0.717) is 18.6 Å². The first kappa shape index (κ1) is 15.6. The van der Waals surface area contributed by atoms with E-state index in [1.54, 1.807) is 0 Å². The Balaban J connectivity index is 2.83. The monoisotopic (exact) mass is 269 g/mol. The third-order valence-electron chi connectivity index (χ3n) is 3.27. The van der Waals surface area contributed by atoms with Crippen molar-refractivity contribution in [1.29, 1.82) is 0 Å². The van der Waals surface area contributed by atoms with Crippen molar-refractivity contribution in [2.45, 2.75) is 32.9 Å². The summed E-state index contributed by atoms with van der Waals surface area (Å²) in [6.45, 7) is 9.44. The molecule has 0 aromatic carbocycles. The van der Waals surface area contributed by atoms with Crippen LogP contribution in [0.25, 0.3) is 0 Å². The predicted molar refractivity (Wildman–Crippen MR) is 81.2 cm³/mol. The highest BCUT2D eigenvalue weighted by molar-refractivity contribution is 7.12. The molecule has 0 aliphatic rings. The molecule has 0 radical (unpaired) electrons. The van der Waals surface area contributed by atoms with Gasteiger partial charge in [0.1, 0.15) is 0 Å². The quantitative estimate of drug-likeness (QED) is 0.824. The lowest BCUT2D eigenvalue weighted by Gasteiger charge is -2.36.